The van der Waals surface area contributed by atoms with Gasteiger partial charge in [0.1, 0.15) is 20.5 Å². The van der Waals surface area contributed by atoms with Gasteiger partial charge in [0, 0.05) is 24.2 Å². The predicted octanol–water partition coefficient (Wildman–Crippen LogP) is 6.59. The van der Waals surface area contributed by atoms with Gasteiger partial charge in [0.15, 0.2) is 0 Å². The molecule has 0 radical (unpaired) electrons. The number of nitrogens with zero attached hydrogens (tertiary/aromatic N) is 1. The SMILES string of the molecule is CCN(CC)POc1ccc2ccccc2c1-c1c(O)ccc2ccccc12. The Bertz CT molecular complexity index is 1120. The molecule has 1 N–H and O–H groups in total. The summed E-state index contributed by atoms with van der Waals surface area (Å²) in [6, 6.07) is 24.3. The van der Waals surface area contributed by atoms with Gasteiger partial charge in [-0.2, -0.15) is 0 Å². The predicted molar refractivity (Wildman–Crippen MR) is 120 cm³/mol. The van der Waals surface area contributed by atoms with Crippen molar-refractivity contribution in [1.29, 1.82) is 0 Å². The molecule has 4 heteroatoms. The molecule has 4 aromatic carbocycles. The maximum atomic E-state index is 10.9. The maximum Gasteiger partial charge on any atom is 0.149 e. The van der Waals surface area contributed by atoms with Crippen LogP contribution in [0.2, 0.25) is 0 Å². The van der Waals surface area contributed by atoms with Gasteiger partial charge in [0.2, 0.25) is 0 Å². The Morgan fingerprint density at radius 3 is 1.96 bits per heavy atom. The van der Waals surface area contributed by atoms with Gasteiger partial charge < -0.3 is 9.63 Å². The second kappa shape index (κ2) is 8.18. The molecule has 3 nitrogen and oxygen atoms in total. The van der Waals surface area contributed by atoms with Gasteiger partial charge in [-0.05, 0) is 33.7 Å². The Balaban J connectivity index is 1.97. The molecule has 0 saturated heterocycles. The molecule has 1 atom stereocenters. The summed E-state index contributed by atoms with van der Waals surface area (Å²) in [6.45, 7) is 6.16. The monoisotopic (exact) mass is 389 g/mol. The Morgan fingerprint density at radius 2 is 1.32 bits per heavy atom. The molecule has 0 bridgehead atoms. The minimum atomic E-state index is 0.239. The van der Waals surface area contributed by atoms with E-state index in [2.05, 4.69) is 48.8 Å². The summed E-state index contributed by atoms with van der Waals surface area (Å²) in [5.41, 5.74) is 1.78. The van der Waals surface area contributed by atoms with E-state index in [1.807, 2.05) is 36.4 Å². The lowest BCUT2D eigenvalue weighted by molar-refractivity contribution is 0.463. The summed E-state index contributed by atoms with van der Waals surface area (Å²) >= 11 is 0. The molecule has 28 heavy (non-hydrogen) atoms. The molecule has 4 aromatic rings. The molecule has 142 valence electrons. The fourth-order valence-electron chi connectivity index (χ4n) is 3.58. The highest BCUT2D eigenvalue weighted by Gasteiger charge is 2.18. The Kier molecular flexibility index (Phi) is 5.47. The quantitative estimate of drug-likeness (QED) is 0.377. The van der Waals surface area contributed by atoms with Crippen LogP contribution < -0.4 is 4.52 Å². The average molecular weight is 389 g/mol. The highest BCUT2D eigenvalue weighted by Crippen LogP contribution is 2.46. The van der Waals surface area contributed by atoms with Crippen molar-refractivity contribution in [3.05, 3.63) is 72.8 Å². The summed E-state index contributed by atoms with van der Waals surface area (Å²) in [5.74, 6) is 1.07. The first-order chi connectivity index (χ1) is 13.7. The molecule has 0 aliphatic rings. The van der Waals surface area contributed by atoms with Gasteiger partial charge >= 0.3 is 0 Å². The van der Waals surface area contributed by atoms with Crippen LogP contribution in [0.3, 0.4) is 0 Å². The number of phenols is 1. The molecular formula is C24H24NO2P. The zero-order chi connectivity index (χ0) is 19.5. The van der Waals surface area contributed by atoms with Crippen molar-refractivity contribution in [2.75, 3.05) is 13.1 Å². The van der Waals surface area contributed by atoms with Crippen LogP contribution in [0.5, 0.6) is 11.5 Å². The van der Waals surface area contributed by atoms with E-state index in [1.165, 1.54) is 0 Å². The average Bonchev–Trinajstić information content (AvgIpc) is 2.74. The molecular weight excluding hydrogens is 365 g/mol. The molecule has 0 fully saturated rings. The lowest BCUT2D eigenvalue weighted by Crippen LogP contribution is -2.13. The van der Waals surface area contributed by atoms with Gasteiger partial charge in [-0.3, -0.25) is 4.67 Å². The van der Waals surface area contributed by atoms with E-state index in [-0.39, 0.29) is 14.7 Å². The Morgan fingerprint density at radius 1 is 0.750 bits per heavy atom. The smallest absolute Gasteiger partial charge is 0.149 e. The molecule has 0 aliphatic heterocycles. The summed E-state index contributed by atoms with van der Waals surface area (Å²) in [7, 11) is 0.239. The number of hydrogen-bond donors (Lipinski definition) is 1. The van der Waals surface area contributed by atoms with Crippen LogP contribution in [0.15, 0.2) is 72.8 Å². The first kappa shape index (κ1) is 18.7. The third-order valence-electron chi connectivity index (χ3n) is 5.10. The van der Waals surface area contributed by atoms with Crippen LogP contribution in [0, 0.1) is 0 Å². The van der Waals surface area contributed by atoms with Crippen molar-refractivity contribution in [2.24, 2.45) is 0 Å². The van der Waals surface area contributed by atoms with Crippen LogP contribution in [-0.2, 0) is 0 Å². The van der Waals surface area contributed by atoms with Gasteiger partial charge in [-0.15, -0.1) is 0 Å². The second-order valence-corrected chi connectivity index (χ2v) is 7.73. The van der Waals surface area contributed by atoms with E-state index in [4.69, 9.17) is 4.52 Å². The molecule has 0 aromatic heterocycles. The highest BCUT2D eigenvalue weighted by atomic mass is 31.1. The van der Waals surface area contributed by atoms with Crippen molar-refractivity contribution in [3.63, 3.8) is 0 Å². The summed E-state index contributed by atoms with van der Waals surface area (Å²) in [6.07, 6.45) is 0. The van der Waals surface area contributed by atoms with Gasteiger partial charge in [-0.1, -0.05) is 74.5 Å². The largest absolute Gasteiger partial charge is 0.507 e. The van der Waals surface area contributed by atoms with E-state index < -0.39 is 0 Å². The van der Waals surface area contributed by atoms with Crippen LogP contribution in [0.25, 0.3) is 32.7 Å². The third kappa shape index (κ3) is 3.44. The maximum absolute atomic E-state index is 10.9. The summed E-state index contributed by atoms with van der Waals surface area (Å²) in [5, 5.41) is 15.2. The number of benzene rings is 4. The normalized spacial score (nSPS) is 11.8. The number of fused-ring (bicyclic) bond motifs is 2. The molecule has 0 spiro atoms. The lowest BCUT2D eigenvalue weighted by atomic mass is 9.92. The van der Waals surface area contributed by atoms with E-state index >= 15 is 0 Å². The summed E-state index contributed by atoms with van der Waals surface area (Å²) < 4.78 is 8.54. The Labute approximate surface area is 167 Å². The second-order valence-electron chi connectivity index (χ2n) is 6.71. The number of rotatable bonds is 6. The van der Waals surface area contributed by atoms with Crippen molar-refractivity contribution < 1.29 is 9.63 Å². The number of phenolic OH excluding ortho intramolecular Hbond substituents is 1. The van der Waals surface area contributed by atoms with Crippen LogP contribution in [-0.4, -0.2) is 22.9 Å². The first-order valence-electron chi connectivity index (χ1n) is 9.63. The molecule has 0 heterocycles. The van der Waals surface area contributed by atoms with Crippen molar-refractivity contribution >= 4 is 30.5 Å². The van der Waals surface area contributed by atoms with Gasteiger partial charge in [0.25, 0.3) is 0 Å². The highest BCUT2D eigenvalue weighted by molar-refractivity contribution is 7.29. The van der Waals surface area contributed by atoms with Crippen molar-refractivity contribution in [1.82, 2.24) is 4.67 Å². The molecule has 4 rings (SSSR count). The van der Waals surface area contributed by atoms with E-state index in [9.17, 15) is 5.11 Å². The van der Waals surface area contributed by atoms with Gasteiger partial charge in [-0.25, -0.2) is 0 Å². The minimum absolute atomic E-state index is 0.239. The van der Waals surface area contributed by atoms with Crippen molar-refractivity contribution in [2.45, 2.75) is 13.8 Å². The lowest BCUT2D eigenvalue weighted by Gasteiger charge is -2.21. The summed E-state index contributed by atoms with van der Waals surface area (Å²) in [4.78, 5) is 0. The van der Waals surface area contributed by atoms with Crippen molar-refractivity contribution in [3.8, 4) is 22.6 Å². The Hall–Kier alpha value is -2.61. The van der Waals surface area contributed by atoms with Crippen LogP contribution in [0.1, 0.15) is 13.8 Å². The van der Waals surface area contributed by atoms with Gasteiger partial charge in [0.05, 0.1) is 0 Å². The van der Waals surface area contributed by atoms with E-state index in [1.54, 1.807) is 6.07 Å². The van der Waals surface area contributed by atoms with Crippen LogP contribution >= 0.6 is 8.96 Å². The fraction of sp³-hybridized carbons (Fsp3) is 0.167. The zero-order valence-electron chi connectivity index (χ0n) is 16.1. The zero-order valence-corrected chi connectivity index (χ0v) is 17.1. The molecule has 0 saturated carbocycles. The number of hydrogen-bond acceptors (Lipinski definition) is 3. The van der Waals surface area contributed by atoms with Crippen LogP contribution in [0.4, 0.5) is 0 Å². The molecule has 1 unspecified atom stereocenters. The number of aromatic hydroxyl groups is 1. The minimum Gasteiger partial charge on any atom is -0.507 e. The standard InChI is InChI=1S/C24H24NO2P/c1-3-25(4-2)28-27-22-16-14-18-10-6-8-12-20(18)24(22)23-19-11-7-5-9-17(19)13-15-21(23)26/h5-16,26,28H,3-4H2,1-2H3. The first-order valence-corrected chi connectivity index (χ1v) is 10.5. The topological polar surface area (TPSA) is 32.7 Å². The van der Waals surface area contributed by atoms with E-state index in [0.29, 0.717) is 0 Å². The van der Waals surface area contributed by atoms with E-state index in [0.717, 1.165) is 51.5 Å². The molecule has 0 amide bonds. The molecule has 0 aliphatic carbocycles. The fourth-order valence-corrected chi connectivity index (χ4v) is 4.24. The third-order valence-corrected chi connectivity index (χ3v) is 6.30.